The van der Waals surface area contributed by atoms with Gasteiger partial charge in [0.15, 0.2) is 6.61 Å². The first-order valence-corrected chi connectivity index (χ1v) is 11.1. The van der Waals surface area contributed by atoms with Crippen molar-refractivity contribution in [3.8, 4) is 0 Å². The van der Waals surface area contributed by atoms with Gasteiger partial charge in [-0.05, 0) is 63.3 Å². The second-order valence-corrected chi connectivity index (χ2v) is 8.06. The second-order valence-electron chi connectivity index (χ2n) is 8.06. The fourth-order valence-electron chi connectivity index (χ4n) is 4.18. The number of nitrogens with zero attached hydrogens (tertiary/aromatic N) is 2. The maximum Gasteiger partial charge on any atom is 0.328 e. The summed E-state index contributed by atoms with van der Waals surface area (Å²) >= 11 is 0. The Hall–Kier alpha value is -2.97. The van der Waals surface area contributed by atoms with E-state index < -0.39 is 42.2 Å². The zero-order valence-electron chi connectivity index (χ0n) is 18.3. The lowest BCUT2D eigenvalue weighted by Gasteiger charge is -2.34. The van der Waals surface area contributed by atoms with E-state index in [1.807, 2.05) is 0 Å². The molecule has 2 amide bonds. The summed E-state index contributed by atoms with van der Waals surface area (Å²) < 4.78 is 23.4. The number of benzene rings is 1. The van der Waals surface area contributed by atoms with Gasteiger partial charge >= 0.3 is 11.9 Å². The average molecular weight is 448 g/mol. The van der Waals surface area contributed by atoms with Gasteiger partial charge in [0, 0.05) is 25.2 Å². The summed E-state index contributed by atoms with van der Waals surface area (Å²) in [6, 6.07) is 4.62. The minimum absolute atomic E-state index is 0.179. The van der Waals surface area contributed by atoms with Crippen molar-refractivity contribution in [2.24, 2.45) is 5.92 Å². The van der Waals surface area contributed by atoms with Gasteiger partial charge in [-0.2, -0.15) is 0 Å². The van der Waals surface area contributed by atoms with Crippen LogP contribution in [0.2, 0.25) is 0 Å². The first-order valence-electron chi connectivity index (χ1n) is 11.1. The second kappa shape index (κ2) is 11.1. The van der Waals surface area contributed by atoms with Crippen LogP contribution in [0.5, 0.6) is 0 Å². The number of carbonyl (C=O) groups excluding carboxylic acids is 4. The first-order chi connectivity index (χ1) is 15.4. The number of ether oxygens (including phenoxy) is 2. The molecule has 2 saturated heterocycles. The topological polar surface area (TPSA) is 93.2 Å². The highest BCUT2D eigenvalue weighted by Gasteiger charge is 2.35. The van der Waals surface area contributed by atoms with Crippen LogP contribution in [-0.4, -0.2) is 72.4 Å². The number of carbonyl (C=O) groups is 4. The number of likely N-dealkylation sites (tertiary alicyclic amines) is 2. The zero-order chi connectivity index (χ0) is 23.1. The average Bonchev–Trinajstić information content (AvgIpc) is 2.82. The molecule has 9 heteroatoms. The molecule has 3 rings (SSSR count). The van der Waals surface area contributed by atoms with E-state index in [0.29, 0.717) is 37.9 Å². The smallest absolute Gasteiger partial charge is 0.328 e. The molecule has 8 nitrogen and oxygen atoms in total. The SMILES string of the molecule is CCOC(=O)C1CCCCN1C(=O)COC(=O)C1CCCN(C(=O)c2ccc(F)cc2)C1. The Labute approximate surface area is 186 Å². The Morgan fingerprint density at radius 1 is 0.969 bits per heavy atom. The summed E-state index contributed by atoms with van der Waals surface area (Å²) in [5.41, 5.74) is 0.353. The summed E-state index contributed by atoms with van der Waals surface area (Å²) in [4.78, 5) is 53.0. The first kappa shape index (κ1) is 23.7. The van der Waals surface area contributed by atoms with Gasteiger partial charge in [-0.25, -0.2) is 9.18 Å². The molecule has 0 radical (unpaired) electrons. The van der Waals surface area contributed by atoms with E-state index in [1.165, 1.54) is 29.2 Å². The van der Waals surface area contributed by atoms with Crippen LogP contribution >= 0.6 is 0 Å². The molecule has 1 aromatic carbocycles. The predicted octanol–water partition coefficient (Wildman–Crippen LogP) is 2.17. The van der Waals surface area contributed by atoms with Gasteiger partial charge in [0.2, 0.25) is 0 Å². The maximum atomic E-state index is 13.1. The monoisotopic (exact) mass is 448 g/mol. The lowest BCUT2D eigenvalue weighted by molar-refractivity contribution is -0.162. The number of esters is 2. The summed E-state index contributed by atoms with van der Waals surface area (Å²) in [5, 5.41) is 0. The molecule has 2 aliphatic rings. The molecule has 174 valence electrons. The van der Waals surface area contributed by atoms with E-state index in [1.54, 1.807) is 11.8 Å². The molecule has 2 atom stereocenters. The van der Waals surface area contributed by atoms with E-state index in [9.17, 15) is 23.6 Å². The number of amides is 2. The Balaban J connectivity index is 1.53. The molecule has 2 fully saturated rings. The number of piperidine rings is 2. The molecule has 0 aliphatic carbocycles. The lowest BCUT2D eigenvalue weighted by Crippen LogP contribution is -2.50. The van der Waals surface area contributed by atoms with E-state index in [4.69, 9.17) is 9.47 Å². The van der Waals surface area contributed by atoms with Crippen molar-refractivity contribution in [2.45, 2.75) is 45.1 Å². The molecule has 32 heavy (non-hydrogen) atoms. The molecule has 0 bridgehead atoms. The zero-order valence-corrected chi connectivity index (χ0v) is 18.3. The molecule has 2 unspecified atom stereocenters. The Bertz CT molecular complexity index is 843. The highest BCUT2D eigenvalue weighted by Crippen LogP contribution is 2.21. The van der Waals surface area contributed by atoms with Crippen molar-refractivity contribution in [3.63, 3.8) is 0 Å². The van der Waals surface area contributed by atoms with E-state index >= 15 is 0 Å². The van der Waals surface area contributed by atoms with Gasteiger partial charge in [-0.3, -0.25) is 14.4 Å². The van der Waals surface area contributed by atoms with Crippen molar-refractivity contribution < 1.29 is 33.0 Å². The quantitative estimate of drug-likeness (QED) is 0.620. The summed E-state index contributed by atoms with van der Waals surface area (Å²) in [6.07, 6.45) is 3.31. The minimum atomic E-state index is -0.645. The number of hydrogen-bond donors (Lipinski definition) is 0. The third kappa shape index (κ3) is 5.83. The molecule has 0 spiro atoms. The standard InChI is InChI=1S/C23H29FN2O6/c1-2-31-23(30)19-7-3-4-13-26(19)20(27)15-32-22(29)17-6-5-12-25(14-17)21(28)16-8-10-18(24)11-9-16/h8-11,17,19H,2-7,12-15H2,1H3. The van der Waals surface area contributed by atoms with Crippen LogP contribution in [0.3, 0.4) is 0 Å². The Morgan fingerprint density at radius 2 is 1.72 bits per heavy atom. The Kier molecular flexibility index (Phi) is 8.19. The third-order valence-electron chi connectivity index (χ3n) is 5.85. The molecule has 0 N–H and O–H groups in total. The van der Waals surface area contributed by atoms with Crippen LogP contribution < -0.4 is 0 Å². The molecular formula is C23H29FN2O6. The number of hydrogen-bond acceptors (Lipinski definition) is 6. The van der Waals surface area contributed by atoms with Crippen molar-refractivity contribution in [2.75, 3.05) is 32.8 Å². The third-order valence-corrected chi connectivity index (χ3v) is 5.85. The van der Waals surface area contributed by atoms with Gasteiger partial charge in [0.05, 0.1) is 12.5 Å². The molecule has 0 saturated carbocycles. The number of rotatable bonds is 6. The molecule has 1 aromatic rings. The van der Waals surface area contributed by atoms with E-state index in [2.05, 4.69) is 0 Å². The molecular weight excluding hydrogens is 419 g/mol. The fraction of sp³-hybridized carbons (Fsp3) is 0.565. The highest BCUT2D eigenvalue weighted by atomic mass is 19.1. The van der Waals surface area contributed by atoms with Crippen LogP contribution in [0.15, 0.2) is 24.3 Å². The minimum Gasteiger partial charge on any atom is -0.464 e. The van der Waals surface area contributed by atoms with Crippen molar-refractivity contribution in [1.82, 2.24) is 9.80 Å². The van der Waals surface area contributed by atoms with Gasteiger partial charge in [0.25, 0.3) is 11.8 Å². The van der Waals surface area contributed by atoms with E-state index in [-0.39, 0.29) is 19.1 Å². The fourth-order valence-corrected chi connectivity index (χ4v) is 4.18. The van der Waals surface area contributed by atoms with Crippen LogP contribution in [0.1, 0.15) is 49.4 Å². The summed E-state index contributed by atoms with van der Waals surface area (Å²) in [6.45, 7) is 2.59. The van der Waals surface area contributed by atoms with Gasteiger partial charge < -0.3 is 19.3 Å². The van der Waals surface area contributed by atoms with Crippen LogP contribution in [0.25, 0.3) is 0 Å². The van der Waals surface area contributed by atoms with E-state index in [0.717, 1.165) is 12.8 Å². The highest BCUT2D eigenvalue weighted by molar-refractivity contribution is 5.94. The van der Waals surface area contributed by atoms with Crippen LogP contribution in [0.4, 0.5) is 4.39 Å². The molecule has 2 heterocycles. The van der Waals surface area contributed by atoms with Crippen molar-refractivity contribution in [1.29, 1.82) is 0 Å². The molecule has 0 aromatic heterocycles. The van der Waals surface area contributed by atoms with Crippen molar-refractivity contribution >= 4 is 23.8 Å². The van der Waals surface area contributed by atoms with Crippen LogP contribution in [0, 0.1) is 11.7 Å². The van der Waals surface area contributed by atoms with Gasteiger partial charge in [0.1, 0.15) is 11.9 Å². The normalized spacial score (nSPS) is 21.1. The Morgan fingerprint density at radius 3 is 2.44 bits per heavy atom. The largest absolute Gasteiger partial charge is 0.464 e. The van der Waals surface area contributed by atoms with Gasteiger partial charge in [-0.15, -0.1) is 0 Å². The molecule has 2 aliphatic heterocycles. The van der Waals surface area contributed by atoms with Crippen LogP contribution in [-0.2, 0) is 23.9 Å². The lowest BCUT2D eigenvalue weighted by atomic mass is 9.97. The van der Waals surface area contributed by atoms with Crippen molar-refractivity contribution in [3.05, 3.63) is 35.6 Å². The number of halogens is 1. The van der Waals surface area contributed by atoms with Gasteiger partial charge in [-0.1, -0.05) is 0 Å². The summed E-state index contributed by atoms with van der Waals surface area (Å²) in [7, 11) is 0. The predicted molar refractivity (Wildman–Crippen MR) is 112 cm³/mol. The summed E-state index contributed by atoms with van der Waals surface area (Å²) in [5.74, 6) is -2.64. The maximum absolute atomic E-state index is 13.1.